The smallest absolute Gasteiger partial charge is 0.242 e. The fourth-order valence-electron chi connectivity index (χ4n) is 2.71. The largest absolute Gasteiger partial charge is 0.325 e. The minimum atomic E-state index is -3.48. The lowest BCUT2D eigenvalue weighted by molar-refractivity contribution is -0.118. The van der Waals surface area contributed by atoms with Crippen molar-refractivity contribution in [2.45, 2.75) is 23.2 Å². The number of amides is 1. The van der Waals surface area contributed by atoms with Gasteiger partial charge in [-0.1, -0.05) is 23.7 Å². The number of nitrogens with zero attached hydrogens (tertiary/aromatic N) is 1. The van der Waals surface area contributed by atoms with Crippen LogP contribution < -0.4 is 5.32 Å². The minimum absolute atomic E-state index is 0.0851. The Labute approximate surface area is 152 Å². The highest BCUT2D eigenvalue weighted by molar-refractivity contribution is 7.89. The zero-order valence-electron chi connectivity index (χ0n) is 14.0. The molecular formula is C18H19ClN2O3S. The van der Waals surface area contributed by atoms with E-state index in [1.54, 1.807) is 24.3 Å². The molecule has 0 aliphatic heterocycles. The third kappa shape index (κ3) is 3.42. The van der Waals surface area contributed by atoms with Gasteiger partial charge in [0.15, 0.2) is 0 Å². The number of hydrogen-bond donors (Lipinski definition) is 1. The molecule has 0 unspecified atom stereocenters. The van der Waals surface area contributed by atoms with Gasteiger partial charge in [0.25, 0.3) is 0 Å². The summed E-state index contributed by atoms with van der Waals surface area (Å²) in [4.78, 5) is 12.9. The van der Waals surface area contributed by atoms with E-state index in [1.165, 1.54) is 26.2 Å². The first-order valence-electron chi connectivity index (χ1n) is 7.86. The van der Waals surface area contributed by atoms with Crippen LogP contribution in [-0.2, 0) is 20.2 Å². The third-order valence-corrected chi connectivity index (χ3v) is 6.55. The number of carbonyl (C=O) groups excluding carboxylic acids is 1. The Morgan fingerprint density at radius 1 is 1.04 bits per heavy atom. The summed E-state index contributed by atoms with van der Waals surface area (Å²) in [5.41, 5.74) is 1.00. The SMILES string of the molecule is CN(C)S(=O)(=O)c1ccc(NC(=O)C2(c3ccc(Cl)cc3)CC2)cc1. The van der Waals surface area contributed by atoms with E-state index in [9.17, 15) is 13.2 Å². The second kappa shape index (κ2) is 6.44. The number of halogens is 1. The molecule has 0 saturated heterocycles. The van der Waals surface area contributed by atoms with Crippen LogP contribution in [0, 0.1) is 0 Å². The van der Waals surface area contributed by atoms with Crippen LogP contribution in [0.5, 0.6) is 0 Å². The van der Waals surface area contributed by atoms with Gasteiger partial charge in [-0.2, -0.15) is 0 Å². The molecule has 1 N–H and O–H groups in total. The molecular weight excluding hydrogens is 360 g/mol. The van der Waals surface area contributed by atoms with Crippen molar-refractivity contribution in [1.82, 2.24) is 4.31 Å². The van der Waals surface area contributed by atoms with Crippen molar-refractivity contribution >= 4 is 33.2 Å². The van der Waals surface area contributed by atoms with Crippen LogP contribution in [0.2, 0.25) is 5.02 Å². The summed E-state index contributed by atoms with van der Waals surface area (Å²) >= 11 is 5.91. The molecule has 0 spiro atoms. The molecule has 132 valence electrons. The maximum Gasteiger partial charge on any atom is 0.242 e. The number of sulfonamides is 1. The molecule has 5 nitrogen and oxygen atoms in total. The molecule has 3 rings (SSSR count). The monoisotopic (exact) mass is 378 g/mol. The van der Waals surface area contributed by atoms with Gasteiger partial charge in [0, 0.05) is 24.8 Å². The minimum Gasteiger partial charge on any atom is -0.325 e. The second-order valence-corrected chi connectivity index (χ2v) is 8.94. The normalized spacial score (nSPS) is 15.8. The molecule has 1 amide bonds. The van der Waals surface area contributed by atoms with Crippen molar-refractivity contribution in [1.29, 1.82) is 0 Å². The number of benzene rings is 2. The Bertz CT molecular complexity index is 887. The average molecular weight is 379 g/mol. The average Bonchev–Trinajstić information content (AvgIpc) is 3.38. The lowest BCUT2D eigenvalue weighted by atomic mass is 9.95. The van der Waals surface area contributed by atoms with Crippen LogP contribution in [0.4, 0.5) is 5.69 Å². The summed E-state index contributed by atoms with van der Waals surface area (Å²) in [6.07, 6.45) is 1.57. The molecule has 0 heterocycles. The van der Waals surface area contributed by atoms with Gasteiger partial charge in [0.05, 0.1) is 10.3 Å². The number of anilines is 1. The van der Waals surface area contributed by atoms with Gasteiger partial charge in [-0.25, -0.2) is 12.7 Å². The van der Waals surface area contributed by atoms with Crippen molar-refractivity contribution in [3.63, 3.8) is 0 Å². The van der Waals surface area contributed by atoms with Crippen molar-refractivity contribution in [2.24, 2.45) is 0 Å². The molecule has 2 aromatic rings. The number of rotatable bonds is 5. The molecule has 2 aromatic carbocycles. The van der Waals surface area contributed by atoms with Gasteiger partial charge in [-0.15, -0.1) is 0 Å². The Morgan fingerprint density at radius 3 is 2.08 bits per heavy atom. The van der Waals surface area contributed by atoms with E-state index in [0.717, 1.165) is 22.7 Å². The predicted molar refractivity (Wildman–Crippen MR) is 98.3 cm³/mol. The summed E-state index contributed by atoms with van der Waals surface area (Å²) in [5, 5.41) is 3.52. The molecule has 1 aliphatic carbocycles. The van der Waals surface area contributed by atoms with Gasteiger partial charge in [0.1, 0.15) is 0 Å². The summed E-state index contributed by atoms with van der Waals surface area (Å²) in [6.45, 7) is 0. The fourth-order valence-corrected chi connectivity index (χ4v) is 3.74. The van der Waals surface area contributed by atoms with E-state index < -0.39 is 15.4 Å². The van der Waals surface area contributed by atoms with Crippen LogP contribution in [0.1, 0.15) is 18.4 Å². The van der Waals surface area contributed by atoms with E-state index in [4.69, 9.17) is 11.6 Å². The maximum absolute atomic E-state index is 12.7. The summed E-state index contributed by atoms with van der Waals surface area (Å²) < 4.78 is 25.3. The first-order valence-corrected chi connectivity index (χ1v) is 9.68. The van der Waals surface area contributed by atoms with Crippen molar-refractivity contribution < 1.29 is 13.2 Å². The van der Waals surface area contributed by atoms with Gasteiger partial charge in [-0.3, -0.25) is 4.79 Å². The van der Waals surface area contributed by atoms with Gasteiger partial charge >= 0.3 is 0 Å². The van der Waals surface area contributed by atoms with Crippen LogP contribution >= 0.6 is 11.6 Å². The molecule has 0 aromatic heterocycles. The molecule has 7 heteroatoms. The highest BCUT2D eigenvalue weighted by Crippen LogP contribution is 2.49. The van der Waals surface area contributed by atoms with Crippen molar-refractivity contribution in [3.05, 3.63) is 59.1 Å². The third-order valence-electron chi connectivity index (χ3n) is 4.47. The van der Waals surface area contributed by atoms with Crippen molar-refractivity contribution in [2.75, 3.05) is 19.4 Å². The number of nitrogens with one attached hydrogen (secondary N) is 1. The zero-order valence-corrected chi connectivity index (χ0v) is 15.6. The Hall–Kier alpha value is -1.89. The van der Waals surface area contributed by atoms with Gasteiger partial charge < -0.3 is 5.32 Å². The lowest BCUT2D eigenvalue weighted by Crippen LogP contribution is -2.27. The standard InChI is InChI=1S/C18H19ClN2O3S/c1-21(2)25(23,24)16-9-7-15(8-10-16)20-17(22)18(11-12-18)13-3-5-14(19)6-4-13/h3-10H,11-12H2,1-2H3,(H,20,22). The highest BCUT2D eigenvalue weighted by Gasteiger charge is 2.51. The quantitative estimate of drug-likeness (QED) is 0.868. The Balaban J connectivity index is 1.77. The van der Waals surface area contributed by atoms with E-state index in [1.807, 2.05) is 12.1 Å². The Kier molecular flexibility index (Phi) is 4.62. The van der Waals surface area contributed by atoms with Gasteiger partial charge in [-0.05, 0) is 54.8 Å². The second-order valence-electron chi connectivity index (χ2n) is 6.35. The van der Waals surface area contributed by atoms with Crippen LogP contribution in [0.25, 0.3) is 0 Å². The van der Waals surface area contributed by atoms with E-state index in [0.29, 0.717) is 10.7 Å². The molecule has 0 bridgehead atoms. The molecule has 25 heavy (non-hydrogen) atoms. The first-order chi connectivity index (χ1) is 11.8. The van der Waals surface area contributed by atoms with E-state index in [-0.39, 0.29) is 10.8 Å². The maximum atomic E-state index is 12.7. The van der Waals surface area contributed by atoms with Crippen LogP contribution in [0.15, 0.2) is 53.4 Å². The topological polar surface area (TPSA) is 66.5 Å². The molecule has 1 aliphatic rings. The molecule has 1 saturated carbocycles. The number of hydrogen-bond acceptors (Lipinski definition) is 3. The first kappa shape index (κ1) is 17.9. The molecule has 0 radical (unpaired) electrons. The summed E-state index contributed by atoms with van der Waals surface area (Å²) in [6, 6.07) is 13.5. The Morgan fingerprint density at radius 2 is 1.60 bits per heavy atom. The molecule has 1 fully saturated rings. The zero-order chi connectivity index (χ0) is 18.2. The van der Waals surface area contributed by atoms with E-state index >= 15 is 0 Å². The summed E-state index contributed by atoms with van der Waals surface area (Å²) in [7, 11) is -0.517. The highest BCUT2D eigenvalue weighted by atomic mass is 35.5. The van der Waals surface area contributed by atoms with Crippen LogP contribution in [-0.4, -0.2) is 32.7 Å². The predicted octanol–water partition coefficient (Wildman–Crippen LogP) is 3.26. The fraction of sp³-hybridized carbons (Fsp3) is 0.278. The summed E-state index contributed by atoms with van der Waals surface area (Å²) in [5.74, 6) is -0.0851. The molecule has 0 atom stereocenters. The van der Waals surface area contributed by atoms with Gasteiger partial charge in [0.2, 0.25) is 15.9 Å². The van der Waals surface area contributed by atoms with E-state index in [2.05, 4.69) is 5.32 Å². The van der Waals surface area contributed by atoms with Crippen molar-refractivity contribution in [3.8, 4) is 0 Å². The lowest BCUT2D eigenvalue weighted by Gasteiger charge is -2.16. The van der Waals surface area contributed by atoms with Crippen LogP contribution in [0.3, 0.4) is 0 Å². The number of carbonyl (C=O) groups is 1.